The zero-order valence-electron chi connectivity index (χ0n) is 15.3. The summed E-state index contributed by atoms with van der Waals surface area (Å²) in [6, 6.07) is 4.28. The van der Waals surface area contributed by atoms with E-state index in [0.717, 1.165) is 37.7 Å². The maximum Gasteiger partial charge on any atom is 0.326 e. The summed E-state index contributed by atoms with van der Waals surface area (Å²) < 4.78 is 0. The van der Waals surface area contributed by atoms with Crippen LogP contribution < -0.4 is 10.6 Å². The van der Waals surface area contributed by atoms with E-state index in [0.29, 0.717) is 17.0 Å². The molecule has 0 aromatic heterocycles. The Balaban J connectivity index is 1.67. The second-order valence-electron chi connectivity index (χ2n) is 7.52. The van der Waals surface area contributed by atoms with Gasteiger partial charge in [0.25, 0.3) is 5.91 Å². The molecule has 3 rings (SSSR count). The Bertz CT molecular complexity index is 745. The van der Waals surface area contributed by atoms with Crippen LogP contribution in [-0.4, -0.2) is 36.0 Å². The Kier molecular flexibility index (Phi) is 6.05. The number of hydrogen-bond donors (Lipinski definition) is 3. The molecule has 2 saturated carbocycles. The van der Waals surface area contributed by atoms with Crippen LogP contribution in [0.1, 0.15) is 60.4 Å². The summed E-state index contributed by atoms with van der Waals surface area (Å²) in [7, 11) is 1.55. The fourth-order valence-electron chi connectivity index (χ4n) is 4.06. The molecule has 2 unspecified atom stereocenters. The summed E-state index contributed by atoms with van der Waals surface area (Å²) >= 11 is 6.12. The van der Waals surface area contributed by atoms with E-state index < -0.39 is 12.0 Å². The smallest absolute Gasteiger partial charge is 0.326 e. The van der Waals surface area contributed by atoms with Crippen LogP contribution in [0.4, 0.5) is 0 Å². The summed E-state index contributed by atoms with van der Waals surface area (Å²) in [6.07, 6.45) is 5.48. The van der Waals surface area contributed by atoms with Gasteiger partial charge in [0.05, 0.1) is 0 Å². The van der Waals surface area contributed by atoms with Crippen molar-refractivity contribution >= 4 is 29.4 Å². The molecule has 146 valence electrons. The summed E-state index contributed by atoms with van der Waals surface area (Å²) in [5.74, 6) is -1.72. The zero-order valence-corrected chi connectivity index (χ0v) is 16.1. The van der Waals surface area contributed by atoms with Gasteiger partial charge in [-0.1, -0.05) is 30.9 Å². The Hall–Kier alpha value is -2.08. The van der Waals surface area contributed by atoms with Gasteiger partial charge in [-0.25, -0.2) is 4.79 Å². The first kappa shape index (κ1) is 19.7. The van der Waals surface area contributed by atoms with Crippen molar-refractivity contribution in [2.45, 2.75) is 50.5 Å². The summed E-state index contributed by atoms with van der Waals surface area (Å²) in [6.45, 7) is 0. The fraction of sp³-hybridized carbons (Fsp3) is 0.550. The molecule has 0 aliphatic heterocycles. The third kappa shape index (κ3) is 4.61. The fourth-order valence-corrected chi connectivity index (χ4v) is 4.31. The van der Waals surface area contributed by atoms with Gasteiger partial charge in [0.15, 0.2) is 0 Å². The molecule has 2 aliphatic carbocycles. The molecule has 0 spiro atoms. The molecular formula is C20H25ClN2O4. The first-order valence-electron chi connectivity index (χ1n) is 9.46. The van der Waals surface area contributed by atoms with Crippen molar-refractivity contribution in [3.05, 3.63) is 34.3 Å². The molecule has 0 radical (unpaired) electrons. The van der Waals surface area contributed by atoms with E-state index in [4.69, 9.17) is 11.6 Å². The van der Waals surface area contributed by atoms with Gasteiger partial charge >= 0.3 is 5.97 Å². The second kappa shape index (κ2) is 8.30. The predicted molar refractivity (Wildman–Crippen MR) is 102 cm³/mol. The number of halogens is 1. The molecule has 1 aromatic carbocycles. The number of hydrogen-bond acceptors (Lipinski definition) is 3. The lowest BCUT2D eigenvalue weighted by molar-refractivity contribution is -0.144. The summed E-state index contributed by atoms with van der Waals surface area (Å²) in [4.78, 5) is 36.1. The molecule has 2 aliphatic rings. The number of benzene rings is 1. The van der Waals surface area contributed by atoms with E-state index in [9.17, 15) is 19.5 Å². The van der Waals surface area contributed by atoms with E-state index in [1.165, 1.54) is 0 Å². The number of amides is 2. The van der Waals surface area contributed by atoms with Gasteiger partial charge in [-0.05, 0) is 54.9 Å². The summed E-state index contributed by atoms with van der Waals surface area (Å²) in [5, 5.41) is 15.3. The molecular weight excluding hydrogens is 368 g/mol. The summed E-state index contributed by atoms with van der Waals surface area (Å²) in [5.41, 5.74) is 1.29. The van der Waals surface area contributed by atoms with Crippen LogP contribution in [-0.2, 0) is 9.59 Å². The molecule has 0 saturated heterocycles. The van der Waals surface area contributed by atoms with Crippen LogP contribution in [0.5, 0.6) is 0 Å². The Labute approximate surface area is 163 Å². The van der Waals surface area contributed by atoms with Gasteiger partial charge < -0.3 is 15.7 Å². The van der Waals surface area contributed by atoms with Gasteiger partial charge in [-0.15, -0.1) is 0 Å². The van der Waals surface area contributed by atoms with Crippen LogP contribution in [0, 0.1) is 11.8 Å². The third-order valence-corrected chi connectivity index (χ3v) is 5.87. The average molecular weight is 393 g/mol. The lowest BCUT2D eigenvalue weighted by Crippen LogP contribution is -2.47. The van der Waals surface area contributed by atoms with Crippen LogP contribution in [0.25, 0.3) is 0 Å². The van der Waals surface area contributed by atoms with Gasteiger partial charge in [0, 0.05) is 23.6 Å². The minimum absolute atomic E-state index is 0.00317. The van der Waals surface area contributed by atoms with Crippen molar-refractivity contribution in [1.29, 1.82) is 0 Å². The highest BCUT2D eigenvalue weighted by atomic mass is 35.5. The van der Waals surface area contributed by atoms with Crippen LogP contribution in [0.15, 0.2) is 18.2 Å². The number of carbonyl (C=O) groups is 3. The maximum atomic E-state index is 12.6. The van der Waals surface area contributed by atoms with Gasteiger partial charge in [-0.3, -0.25) is 9.59 Å². The standard InChI is InChI=1S/C20H25ClN2O4/c1-22-18(24)13-7-12(8-14(21)9-13)15-10-16(15)19(25)23-17(20(26)27)11-5-3-2-4-6-11/h7-9,11,15-17H,2-6,10H2,1H3,(H,22,24)(H,23,25)(H,26,27)/t15?,16?,17-/m0/s1. The number of nitrogens with one attached hydrogen (secondary N) is 2. The number of aliphatic carboxylic acids is 1. The Morgan fingerprint density at radius 1 is 1.15 bits per heavy atom. The molecule has 27 heavy (non-hydrogen) atoms. The van der Waals surface area contributed by atoms with E-state index in [1.807, 2.05) is 0 Å². The lowest BCUT2D eigenvalue weighted by Gasteiger charge is -2.28. The van der Waals surface area contributed by atoms with Crippen molar-refractivity contribution in [2.75, 3.05) is 7.05 Å². The normalized spacial score (nSPS) is 23.3. The largest absolute Gasteiger partial charge is 0.480 e. The van der Waals surface area contributed by atoms with Crippen LogP contribution in [0.2, 0.25) is 5.02 Å². The number of rotatable bonds is 6. The first-order chi connectivity index (χ1) is 12.9. The van der Waals surface area contributed by atoms with E-state index >= 15 is 0 Å². The number of carboxylic acids is 1. The van der Waals surface area contributed by atoms with Gasteiger partial charge in [0.2, 0.25) is 5.91 Å². The number of carbonyl (C=O) groups excluding carboxylic acids is 2. The van der Waals surface area contributed by atoms with E-state index in [2.05, 4.69) is 10.6 Å². The molecule has 6 nitrogen and oxygen atoms in total. The minimum atomic E-state index is -0.961. The van der Waals surface area contributed by atoms with E-state index in [-0.39, 0.29) is 29.6 Å². The highest BCUT2D eigenvalue weighted by Gasteiger charge is 2.46. The average Bonchev–Trinajstić information content (AvgIpc) is 3.46. The highest BCUT2D eigenvalue weighted by molar-refractivity contribution is 6.31. The third-order valence-electron chi connectivity index (χ3n) is 5.65. The van der Waals surface area contributed by atoms with Crippen molar-refractivity contribution in [1.82, 2.24) is 10.6 Å². The topological polar surface area (TPSA) is 95.5 Å². The zero-order chi connectivity index (χ0) is 19.6. The Morgan fingerprint density at radius 3 is 2.48 bits per heavy atom. The van der Waals surface area contributed by atoms with Crippen LogP contribution in [0.3, 0.4) is 0 Å². The maximum absolute atomic E-state index is 12.6. The van der Waals surface area contributed by atoms with Gasteiger partial charge in [-0.2, -0.15) is 0 Å². The quantitative estimate of drug-likeness (QED) is 0.693. The second-order valence-corrected chi connectivity index (χ2v) is 7.96. The SMILES string of the molecule is CNC(=O)c1cc(Cl)cc(C2CC2C(=O)N[C@H](C(=O)O)C2CCCCC2)c1. The molecule has 0 heterocycles. The molecule has 1 aromatic rings. The molecule has 0 bridgehead atoms. The van der Waals surface area contributed by atoms with E-state index in [1.54, 1.807) is 25.2 Å². The van der Waals surface area contributed by atoms with Gasteiger partial charge in [0.1, 0.15) is 6.04 Å². The lowest BCUT2D eigenvalue weighted by atomic mass is 9.84. The van der Waals surface area contributed by atoms with Crippen molar-refractivity contribution < 1.29 is 19.5 Å². The minimum Gasteiger partial charge on any atom is -0.480 e. The molecule has 2 amide bonds. The number of carboxylic acid groups (broad SMARTS) is 1. The van der Waals surface area contributed by atoms with Crippen molar-refractivity contribution in [2.24, 2.45) is 11.8 Å². The molecule has 2 fully saturated rings. The monoisotopic (exact) mass is 392 g/mol. The molecule has 3 atom stereocenters. The van der Waals surface area contributed by atoms with Crippen molar-refractivity contribution in [3.8, 4) is 0 Å². The van der Waals surface area contributed by atoms with Crippen molar-refractivity contribution in [3.63, 3.8) is 0 Å². The first-order valence-corrected chi connectivity index (χ1v) is 9.84. The predicted octanol–water partition coefficient (Wildman–Crippen LogP) is 2.95. The van der Waals surface area contributed by atoms with Crippen LogP contribution >= 0.6 is 11.6 Å². The highest BCUT2D eigenvalue weighted by Crippen LogP contribution is 2.48. The molecule has 7 heteroatoms. The molecule has 3 N–H and O–H groups in total. The Morgan fingerprint density at radius 2 is 1.85 bits per heavy atom.